The molecule has 0 aliphatic heterocycles. The number of fused-ring (bicyclic) bond motifs is 1. The third kappa shape index (κ3) is 2.26. The number of hydrogen-bond donors (Lipinski definition) is 0. The summed E-state index contributed by atoms with van der Waals surface area (Å²) >= 11 is 0. The first-order valence-corrected chi connectivity index (χ1v) is 5.98. The van der Waals surface area contributed by atoms with E-state index in [0.717, 1.165) is 16.7 Å². The molecule has 0 heterocycles. The average molecular weight is 226 g/mol. The number of aryl methyl sites for hydroxylation is 2. The van der Waals surface area contributed by atoms with Crippen LogP contribution in [0.3, 0.4) is 0 Å². The molecule has 16 heavy (non-hydrogen) atoms. The zero-order valence-corrected chi connectivity index (χ0v) is 10.5. The minimum Gasteiger partial charge on any atom is -0.206 e. The van der Waals surface area contributed by atoms with Crippen molar-refractivity contribution in [2.24, 2.45) is 0 Å². The monoisotopic (exact) mass is 226 g/mol. The van der Waals surface area contributed by atoms with Crippen molar-refractivity contribution in [1.29, 1.82) is 0 Å². The Bertz CT molecular complexity index is 356. The molecule has 0 saturated carbocycles. The van der Waals surface area contributed by atoms with Gasteiger partial charge in [0.15, 0.2) is 0 Å². The molecule has 2 rings (SSSR count). The van der Waals surface area contributed by atoms with E-state index < -0.39 is 11.8 Å². The summed E-state index contributed by atoms with van der Waals surface area (Å²) in [5.41, 5.74) is 2.96. The molecule has 90 valence electrons. The summed E-state index contributed by atoms with van der Waals surface area (Å²) in [6.07, 6.45) is 0.499. The van der Waals surface area contributed by atoms with Crippen LogP contribution in [-0.4, -0.2) is 5.92 Å². The zero-order valence-electron chi connectivity index (χ0n) is 10.5. The maximum Gasteiger partial charge on any atom is 0.254 e. The number of alkyl halides is 2. The highest BCUT2D eigenvalue weighted by Crippen LogP contribution is 2.43. The molecule has 0 saturated heterocycles. The highest BCUT2D eigenvalue weighted by atomic mass is 19.3. The Hall–Kier alpha value is -0.920. The van der Waals surface area contributed by atoms with Crippen molar-refractivity contribution in [3.8, 4) is 0 Å². The van der Waals surface area contributed by atoms with Gasteiger partial charge in [-0.1, -0.05) is 39.0 Å². The predicted molar refractivity (Wildman–Crippen MR) is 64.2 cm³/mol. The molecule has 0 radical (unpaired) electrons. The van der Waals surface area contributed by atoms with Gasteiger partial charge in [-0.2, -0.15) is 0 Å². The lowest BCUT2D eigenvalue weighted by atomic mass is 9.79. The van der Waals surface area contributed by atoms with E-state index >= 15 is 0 Å². The summed E-state index contributed by atoms with van der Waals surface area (Å²) < 4.78 is 26.9. The first kappa shape index (κ1) is 13.1. The molecule has 0 bridgehead atoms. The van der Waals surface area contributed by atoms with Crippen LogP contribution in [0.4, 0.5) is 8.78 Å². The van der Waals surface area contributed by atoms with E-state index in [1.807, 2.05) is 39.0 Å². The van der Waals surface area contributed by atoms with Crippen molar-refractivity contribution in [1.82, 2.24) is 0 Å². The van der Waals surface area contributed by atoms with Crippen LogP contribution in [0.15, 0.2) is 18.2 Å². The fourth-order valence-electron chi connectivity index (χ4n) is 2.31. The lowest BCUT2D eigenvalue weighted by Crippen LogP contribution is -2.30. The molecule has 1 aromatic carbocycles. The van der Waals surface area contributed by atoms with Gasteiger partial charge >= 0.3 is 0 Å². The van der Waals surface area contributed by atoms with Crippen molar-refractivity contribution < 1.29 is 8.78 Å². The number of hydrogen-bond acceptors (Lipinski definition) is 0. The molecular weight excluding hydrogens is 206 g/mol. The minimum absolute atomic E-state index is 0.00931. The Labute approximate surface area is 96.7 Å². The zero-order chi connectivity index (χ0) is 12.3. The Morgan fingerprint density at radius 2 is 1.88 bits per heavy atom. The maximum absolute atomic E-state index is 13.5. The van der Waals surface area contributed by atoms with E-state index in [2.05, 4.69) is 0 Å². The molecule has 0 spiro atoms. The minimum atomic E-state index is -2.53. The van der Waals surface area contributed by atoms with Crippen molar-refractivity contribution in [3.63, 3.8) is 0 Å². The Morgan fingerprint density at radius 3 is 2.50 bits per heavy atom. The SMILES string of the molecule is CC.Cc1cccc2c1C(C)C(F)(F)CC2. The van der Waals surface area contributed by atoms with Crippen molar-refractivity contribution in [3.05, 3.63) is 34.9 Å². The van der Waals surface area contributed by atoms with Crippen molar-refractivity contribution >= 4 is 0 Å². The van der Waals surface area contributed by atoms with Gasteiger partial charge in [0.05, 0.1) is 0 Å². The molecule has 1 aromatic rings. The first-order valence-electron chi connectivity index (χ1n) is 5.98. The molecule has 2 heteroatoms. The van der Waals surface area contributed by atoms with Crippen molar-refractivity contribution in [2.75, 3.05) is 0 Å². The van der Waals surface area contributed by atoms with Crippen LogP contribution in [0, 0.1) is 6.92 Å². The molecule has 0 amide bonds. The van der Waals surface area contributed by atoms with E-state index in [1.165, 1.54) is 0 Å². The van der Waals surface area contributed by atoms with Gasteiger partial charge in [-0.3, -0.25) is 0 Å². The summed E-state index contributed by atoms with van der Waals surface area (Å²) in [5, 5.41) is 0. The Morgan fingerprint density at radius 1 is 1.25 bits per heavy atom. The standard InChI is InChI=1S/C12H14F2.C2H6/c1-8-4-3-5-10-6-7-12(13,14)9(2)11(8)10;1-2/h3-5,9H,6-7H2,1-2H3;1-2H3. The van der Waals surface area contributed by atoms with Crippen LogP contribution in [0.2, 0.25) is 0 Å². The van der Waals surface area contributed by atoms with Crippen LogP contribution < -0.4 is 0 Å². The van der Waals surface area contributed by atoms with Crippen LogP contribution in [0.5, 0.6) is 0 Å². The smallest absolute Gasteiger partial charge is 0.206 e. The number of halogens is 2. The first-order chi connectivity index (χ1) is 7.52. The van der Waals surface area contributed by atoms with Gasteiger partial charge in [0.2, 0.25) is 0 Å². The van der Waals surface area contributed by atoms with Gasteiger partial charge in [-0.05, 0) is 30.0 Å². The second-order valence-electron chi connectivity index (χ2n) is 4.13. The molecule has 0 fully saturated rings. The third-order valence-electron chi connectivity index (χ3n) is 3.21. The highest BCUT2D eigenvalue weighted by Gasteiger charge is 2.41. The lowest BCUT2D eigenvalue weighted by Gasteiger charge is -2.32. The molecule has 0 N–H and O–H groups in total. The average Bonchev–Trinajstić information content (AvgIpc) is 2.27. The molecule has 0 aromatic heterocycles. The topological polar surface area (TPSA) is 0 Å². The summed E-state index contributed by atoms with van der Waals surface area (Å²) in [4.78, 5) is 0. The van der Waals surface area contributed by atoms with E-state index in [0.29, 0.717) is 6.42 Å². The van der Waals surface area contributed by atoms with Gasteiger partial charge in [0.1, 0.15) is 0 Å². The quantitative estimate of drug-likeness (QED) is 0.601. The molecule has 1 aliphatic rings. The van der Waals surface area contributed by atoms with Gasteiger partial charge in [-0.25, -0.2) is 8.78 Å². The van der Waals surface area contributed by atoms with Crippen LogP contribution in [0.25, 0.3) is 0 Å². The second kappa shape index (κ2) is 4.94. The van der Waals surface area contributed by atoms with Gasteiger partial charge in [0, 0.05) is 12.3 Å². The van der Waals surface area contributed by atoms with Gasteiger partial charge in [-0.15, -0.1) is 0 Å². The maximum atomic E-state index is 13.5. The van der Waals surface area contributed by atoms with Crippen LogP contribution in [0.1, 0.15) is 49.8 Å². The highest BCUT2D eigenvalue weighted by molar-refractivity contribution is 5.40. The fourth-order valence-corrected chi connectivity index (χ4v) is 2.31. The molecule has 1 aliphatic carbocycles. The Balaban J connectivity index is 0.000000606. The van der Waals surface area contributed by atoms with Gasteiger partial charge in [0.25, 0.3) is 5.92 Å². The fraction of sp³-hybridized carbons (Fsp3) is 0.571. The van der Waals surface area contributed by atoms with E-state index in [1.54, 1.807) is 6.92 Å². The molecule has 1 atom stereocenters. The molecule has 1 unspecified atom stereocenters. The normalized spacial score (nSPS) is 21.8. The van der Waals surface area contributed by atoms with Crippen LogP contribution >= 0.6 is 0 Å². The lowest BCUT2D eigenvalue weighted by molar-refractivity contribution is -0.0362. The summed E-state index contributed by atoms with van der Waals surface area (Å²) in [5.74, 6) is -3.16. The van der Waals surface area contributed by atoms with Crippen LogP contribution in [-0.2, 0) is 6.42 Å². The molecule has 0 nitrogen and oxygen atoms in total. The number of rotatable bonds is 0. The summed E-state index contributed by atoms with van der Waals surface area (Å²) in [7, 11) is 0. The van der Waals surface area contributed by atoms with E-state index in [9.17, 15) is 8.78 Å². The van der Waals surface area contributed by atoms with Gasteiger partial charge < -0.3 is 0 Å². The van der Waals surface area contributed by atoms with E-state index in [4.69, 9.17) is 0 Å². The summed E-state index contributed by atoms with van der Waals surface area (Å²) in [6, 6.07) is 5.83. The Kier molecular flexibility index (Phi) is 4.06. The largest absolute Gasteiger partial charge is 0.254 e. The summed E-state index contributed by atoms with van der Waals surface area (Å²) in [6.45, 7) is 7.54. The second-order valence-corrected chi connectivity index (χ2v) is 4.13. The number of benzene rings is 1. The predicted octanol–water partition coefficient (Wildman–Crippen LogP) is 4.71. The molecular formula is C14H20F2. The van der Waals surface area contributed by atoms with Crippen molar-refractivity contribution in [2.45, 2.75) is 52.4 Å². The third-order valence-corrected chi connectivity index (χ3v) is 3.21. The van der Waals surface area contributed by atoms with E-state index in [-0.39, 0.29) is 6.42 Å².